The molecule has 0 saturated heterocycles. The Kier molecular flexibility index (Phi) is 4.88. The molecule has 0 aromatic carbocycles. The highest BCUT2D eigenvalue weighted by Crippen LogP contribution is 1.97. The fourth-order valence-corrected chi connectivity index (χ4v) is 1.34. The predicted molar refractivity (Wildman–Crippen MR) is 66.0 cm³/mol. The van der Waals surface area contributed by atoms with Crippen LogP contribution < -0.4 is 5.49 Å². The Balaban J connectivity index is 3.09. The van der Waals surface area contributed by atoms with Crippen LogP contribution in [-0.2, 0) is 16.6 Å². The van der Waals surface area contributed by atoms with E-state index in [9.17, 15) is 4.79 Å². The highest BCUT2D eigenvalue weighted by atomic mass is 16.5. The lowest BCUT2D eigenvalue weighted by Gasteiger charge is -2.00. The van der Waals surface area contributed by atoms with E-state index in [0.29, 0.717) is 5.49 Å². The van der Waals surface area contributed by atoms with Gasteiger partial charge in [0.25, 0.3) is 0 Å². The summed E-state index contributed by atoms with van der Waals surface area (Å²) in [5.41, 5.74) is 1.64. The number of carbonyl (C=O) groups excluding carboxylic acids is 1. The molecule has 0 radical (unpaired) electrons. The first kappa shape index (κ1) is 13.7. The number of aryl methyl sites for hydroxylation is 2. The summed E-state index contributed by atoms with van der Waals surface area (Å²) in [7, 11) is 1.84. The highest BCUT2D eigenvalue weighted by Gasteiger charge is 2.08. The third kappa shape index (κ3) is 3.59. The summed E-state index contributed by atoms with van der Waals surface area (Å²) >= 11 is 0. The summed E-state index contributed by atoms with van der Waals surface area (Å²) < 4.78 is 6.55. The molecule has 1 rings (SSSR count). The molecule has 1 heterocycles. The second-order valence-corrected chi connectivity index (χ2v) is 3.68. The van der Waals surface area contributed by atoms with E-state index in [1.807, 2.05) is 36.9 Å². The van der Waals surface area contributed by atoms with Gasteiger partial charge in [-0.15, -0.1) is 0 Å². The third-order valence-corrected chi connectivity index (χ3v) is 2.20. The molecule has 0 saturated carbocycles. The molecule has 0 fully saturated rings. The molecule has 1 aromatic heterocycles. The van der Waals surface area contributed by atoms with Crippen molar-refractivity contribution in [1.29, 1.82) is 5.26 Å². The van der Waals surface area contributed by atoms with Crippen LogP contribution in [0.5, 0.6) is 0 Å². The van der Waals surface area contributed by atoms with Crippen LogP contribution >= 0.6 is 0 Å². The lowest BCUT2D eigenvalue weighted by molar-refractivity contribution is -0.138. The van der Waals surface area contributed by atoms with E-state index in [-0.39, 0.29) is 12.2 Å². The van der Waals surface area contributed by atoms with Crippen molar-refractivity contribution in [2.45, 2.75) is 13.8 Å². The molecule has 94 valence electrons. The van der Waals surface area contributed by atoms with Crippen molar-refractivity contribution in [3.05, 3.63) is 41.2 Å². The van der Waals surface area contributed by atoms with Gasteiger partial charge in [-0.25, -0.2) is 9.79 Å². The first-order chi connectivity index (χ1) is 8.58. The summed E-state index contributed by atoms with van der Waals surface area (Å²) in [6.07, 6.45) is 3.13. The molecule has 0 aliphatic heterocycles. The number of ether oxygens (including phenoxy) is 1. The Bertz CT molecular complexity index is 577. The molecule has 18 heavy (non-hydrogen) atoms. The zero-order chi connectivity index (χ0) is 13.5. The van der Waals surface area contributed by atoms with Crippen molar-refractivity contribution in [2.75, 3.05) is 6.61 Å². The largest absolute Gasteiger partial charge is 0.462 e. The van der Waals surface area contributed by atoms with Crippen molar-refractivity contribution >= 4 is 5.97 Å². The molecule has 0 amide bonds. The van der Waals surface area contributed by atoms with Crippen molar-refractivity contribution in [2.24, 2.45) is 12.0 Å². The van der Waals surface area contributed by atoms with Gasteiger partial charge in [-0.1, -0.05) is 6.07 Å². The van der Waals surface area contributed by atoms with Crippen molar-refractivity contribution < 1.29 is 9.53 Å². The van der Waals surface area contributed by atoms with Gasteiger partial charge < -0.3 is 9.30 Å². The number of rotatable bonds is 3. The molecule has 0 aliphatic carbocycles. The van der Waals surface area contributed by atoms with Crippen LogP contribution in [0.1, 0.15) is 12.5 Å². The maximum absolute atomic E-state index is 11.4. The Hall–Kier alpha value is -2.35. The molecule has 0 spiro atoms. The lowest BCUT2D eigenvalue weighted by atomic mass is 10.3. The second-order valence-electron chi connectivity index (χ2n) is 3.68. The number of nitriles is 1. The molecule has 0 aliphatic rings. The van der Waals surface area contributed by atoms with Crippen LogP contribution in [0.25, 0.3) is 0 Å². The van der Waals surface area contributed by atoms with Crippen LogP contribution in [0, 0.1) is 18.3 Å². The van der Waals surface area contributed by atoms with Gasteiger partial charge >= 0.3 is 5.97 Å². The normalized spacial score (nSPS) is 12.1. The SMILES string of the molecule is CCOC(=O)C(C#N)=CN=c1ccc(C)cn1C. The number of carbonyl (C=O) groups is 1. The number of aromatic nitrogens is 1. The molecule has 5 heteroatoms. The first-order valence-electron chi connectivity index (χ1n) is 5.53. The van der Waals surface area contributed by atoms with Gasteiger partial charge in [0.2, 0.25) is 0 Å². The standard InChI is InChI=1S/C13H15N3O2/c1-4-18-13(17)11(7-14)8-15-12-6-5-10(2)9-16(12)3/h5-6,8-9H,4H2,1-3H3. The van der Waals surface area contributed by atoms with Crippen LogP contribution in [0.15, 0.2) is 35.1 Å². The summed E-state index contributed by atoms with van der Waals surface area (Å²) in [6.45, 7) is 3.89. The topological polar surface area (TPSA) is 67.4 Å². The minimum Gasteiger partial charge on any atom is -0.462 e. The molecule has 0 unspecified atom stereocenters. The zero-order valence-electron chi connectivity index (χ0n) is 10.7. The Labute approximate surface area is 106 Å². The highest BCUT2D eigenvalue weighted by molar-refractivity contribution is 5.92. The van der Waals surface area contributed by atoms with E-state index in [2.05, 4.69) is 4.99 Å². The van der Waals surface area contributed by atoms with Crippen LogP contribution in [0.3, 0.4) is 0 Å². The molecule has 0 N–H and O–H groups in total. The molecule has 0 atom stereocenters. The molecule has 0 bridgehead atoms. The number of esters is 1. The van der Waals surface area contributed by atoms with Gasteiger partial charge in [0, 0.05) is 13.2 Å². The van der Waals surface area contributed by atoms with E-state index in [1.54, 1.807) is 13.0 Å². The monoisotopic (exact) mass is 245 g/mol. The fraction of sp³-hybridized carbons (Fsp3) is 0.308. The lowest BCUT2D eigenvalue weighted by Crippen LogP contribution is -2.16. The van der Waals surface area contributed by atoms with Gasteiger partial charge in [0.1, 0.15) is 11.6 Å². The Morgan fingerprint density at radius 2 is 2.33 bits per heavy atom. The number of pyridine rings is 1. The summed E-state index contributed by atoms with van der Waals surface area (Å²) in [5.74, 6) is -0.654. The maximum atomic E-state index is 11.4. The van der Waals surface area contributed by atoms with E-state index >= 15 is 0 Å². The molecule has 5 nitrogen and oxygen atoms in total. The van der Waals surface area contributed by atoms with E-state index in [4.69, 9.17) is 10.00 Å². The molecular weight excluding hydrogens is 230 g/mol. The van der Waals surface area contributed by atoms with Crippen LogP contribution in [0.4, 0.5) is 0 Å². The summed E-state index contributed by atoms with van der Waals surface area (Å²) in [5, 5.41) is 8.83. The minimum absolute atomic E-state index is 0.113. The van der Waals surface area contributed by atoms with Crippen molar-refractivity contribution in [3.63, 3.8) is 0 Å². The molecular formula is C13H15N3O2. The number of hydrogen-bond donors (Lipinski definition) is 0. The van der Waals surface area contributed by atoms with Crippen LogP contribution in [0.2, 0.25) is 0 Å². The van der Waals surface area contributed by atoms with Crippen LogP contribution in [-0.4, -0.2) is 17.1 Å². The van der Waals surface area contributed by atoms with Crippen molar-refractivity contribution in [1.82, 2.24) is 4.57 Å². The average Bonchev–Trinajstić information content (AvgIpc) is 2.32. The van der Waals surface area contributed by atoms with E-state index in [1.165, 1.54) is 6.20 Å². The Morgan fingerprint density at radius 1 is 1.61 bits per heavy atom. The average molecular weight is 245 g/mol. The number of nitrogens with zero attached hydrogens (tertiary/aromatic N) is 3. The third-order valence-electron chi connectivity index (χ3n) is 2.20. The Morgan fingerprint density at radius 3 is 2.89 bits per heavy atom. The van der Waals surface area contributed by atoms with Gasteiger partial charge in [-0.2, -0.15) is 5.26 Å². The fourth-order valence-electron chi connectivity index (χ4n) is 1.34. The maximum Gasteiger partial charge on any atom is 0.350 e. The molecule has 1 aromatic rings. The summed E-state index contributed by atoms with van der Waals surface area (Å²) in [4.78, 5) is 15.5. The van der Waals surface area contributed by atoms with Gasteiger partial charge in [0.05, 0.1) is 12.8 Å². The smallest absolute Gasteiger partial charge is 0.350 e. The zero-order valence-corrected chi connectivity index (χ0v) is 10.7. The van der Waals surface area contributed by atoms with Gasteiger partial charge in [-0.05, 0) is 25.5 Å². The van der Waals surface area contributed by atoms with Gasteiger partial charge in [-0.3, -0.25) is 0 Å². The first-order valence-corrected chi connectivity index (χ1v) is 5.53. The number of hydrogen-bond acceptors (Lipinski definition) is 4. The van der Waals surface area contributed by atoms with Gasteiger partial charge in [0.15, 0.2) is 5.57 Å². The predicted octanol–water partition coefficient (Wildman–Crippen LogP) is 1.20. The van der Waals surface area contributed by atoms with Crippen molar-refractivity contribution in [3.8, 4) is 6.07 Å². The second kappa shape index (κ2) is 6.40. The quantitative estimate of drug-likeness (QED) is 0.456. The van der Waals surface area contributed by atoms with E-state index in [0.717, 1.165) is 5.56 Å². The van der Waals surface area contributed by atoms with E-state index < -0.39 is 5.97 Å². The minimum atomic E-state index is -0.654. The summed E-state index contributed by atoms with van der Waals surface area (Å²) in [6, 6.07) is 5.49.